The lowest BCUT2D eigenvalue weighted by molar-refractivity contribution is -0.385. The van der Waals surface area contributed by atoms with E-state index in [-0.39, 0.29) is 18.7 Å². The normalized spacial score (nSPS) is 18.8. The molecule has 1 aromatic rings. The quantitative estimate of drug-likeness (QED) is 0.685. The highest BCUT2D eigenvalue weighted by Gasteiger charge is 2.40. The molecule has 1 aliphatic rings. The fraction of sp³-hybridized carbons (Fsp3) is 0.417. The zero-order chi connectivity index (χ0) is 15.8. The van der Waals surface area contributed by atoms with Crippen molar-refractivity contribution in [3.05, 3.63) is 33.9 Å². The summed E-state index contributed by atoms with van der Waals surface area (Å²) in [6, 6.07) is 1.30. The Morgan fingerprint density at radius 1 is 1.43 bits per heavy atom. The third kappa shape index (κ3) is 2.91. The maximum absolute atomic E-state index is 13.1. The van der Waals surface area contributed by atoms with Crippen LogP contribution in [-0.4, -0.2) is 28.6 Å². The largest absolute Gasteiger partial charge is 0.480 e. The molecule has 0 bridgehead atoms. The van der Waals surface area contributed by atoms with E-state index in [1.807, 2.05) is 0 Å². The summed E-state index contributed by atoms with van der Waals surface area (Å²) in [5.41, 5.74) is -2.21. The van der Waals surface area contributed by atoms with E-state index < -0.39 is 34.4 Å². The van der Waals surface area contributed by atoms with Crippen molar-refractivity contribution in [2.45, 2.75) is 25.1 Å². The van der Waals surface area contributed by atoms with Crippen LogP contribution in [0.3, 0.4) is 0 Å². The molecule has 2 rings (SSSR count). The number of nitro groups is 1. The van der Waals surface area contributed by atoms with Crippen LogP contribution in [0.4, 0.5) is 24.5 Å². The minimum absolute atomic E-state index is 0.165. The lowest BCUT2D eigenvalue weighted by Gasteiger charge is -2.26. The Kier molecular flexibility index (Phi) is 3.75. The number of non-ortho nitro benzene ring substituents is 1. The second kappa shape index (κ2) is 5.23. The van der Waals surface area contributed by atoms with Gasteiger partial charge in [0.05, 0.1) is 16.2 Å². The van der Waals surface area contributed by atoms with Crippen molar-refractivity contribution < 1.29 is 28.0 Å². The molecule has 1 aromatic carbocycles. The number of halogens is 3. The van der Waals surface area contributed by atoms with Gasteiger partial charge in [-0.05, 0) is 18.9 Å². The molecule has 0 radical (unpaired) electrons. The standard InChI is InChI=1S/C12H11F3N2O4/c13-12(14,15)8-6-7(17(20)21)3-4-9(8)16-5-1-2-10(16)11(18)19/h3-4,6,10H,1-2,5H2,(H,18,19). The summed E-state index contributed by atoms with van der Waals surface area (Å²) in [5.74, 6) is -1.21. The first kappa shape index (κ1) is 15.1. The van der Waals surface area contributed by atoms with E-state index >= 15 is 0 Å². The Bertz CT molecular complexity index is 588. The number of carboxylic acids is 1. The molecule has 0 aliphatic carbocycles. The van der Waals surface area contributed by atoms with Crippen LogP contribution in [0.5, 0.6) is 0 Å². The number of anilines is 1. The maximum Gasteiger partial charge on any atom is 0.418 e. The van der Waals surface area contributed by atoms with Crippen LogP contribution in [0.2, 0.25) is 0 Å². The first-order chi connectivity index (χ1) is 9.71. The molecule has 0 aromatic heterocycles. The number of aliphatic carboxylic acids is 1. The number of nitro benzene ring substituents is 1. The number of carboxylic acid groups (broad SMARTS) is 1. The molecular formula is C12H11F3N2O4. The fourth-order valence-electron chi connectivity index (χ4n) is 2.43. The molecule has 1 heterocycles. The maximum atomic E-state index is 13.1. The number of rotatable bonds is 3. The number of alkyl halides is 3. The molecule has 1 fully saturated rings. The molecule has 0 spiro atoms. The zero-order valence-corrected chi connectivity index (χ0v) is 10.6. The topological polar surface area (TPSA) is 83.7 Å². The van der Waals surface area contributed by atoms with Gasteiger partial charge in [0.25, 0.3) is 5.69 Å². The second-order valence-corrected chi connectivity index (χ2v) is 4.65. The van der Waals surface area contributed by atoms with Gasteiger partial charge in [-0.2, -0.15) is 13.2 Å². The zero-order valence-electron chi connectivity index (χ0n) is 10.6. The van der Waals surface area contributed by atoms with Gasteiger partial charge in [0.1, 0.15) is 6.04 Å². The van der Waals surface area contributed by atoms with E-state index in [2.05, 4.69) is 0 Å². The molecule has 1 N–H and O–H groups in total. The smallest absolute Gasteiger partial charge is 0.418 e. The van der Waals surface area contributed by atoms with Gasteiger partial charge < -0.3 is 10.0 Å². The Hall–Kier alpha value is -2.32. The first-order valence-corrected chi connectivity index (χ1v) is 6.07. The number of carbonyl (C=O) groups is 1. The van der Waals surface area contributed by atoms with Gasteiger partial charge in [-0.3, -0.25) is 10.1 Å². The van der Waals surface area contributed by atoms with Crippen molar-refractivity contribution in [1.82, 2.24) is 0 Å². The summed E-state index contributed by atoms with van der Waals surface area (Å²) in [7, 11) is 0. The van der Waals surface area contributed by atoms with E-state index in [4.69, 9.17) is 5.11 Å². The summed E-state index contributed by atoms with van der Waals surface area (Å²) in [6.45, 7) is 0.165. The second-order valence-electron chi connectivity index (χ2n) is 4.65. The summed E-state index contributed by atoms with van der Waals surface area (Å²) < 4.78 is 39.2. The Balaban J connectivity index is 2.53. The lowest BCUT2D eigenvalue weighted by Crippen LogP contribution is -2.37. The average Bonchev–Trinajstić information content (AvgIpc) is 2.86. The molecule has 1 saturated heterocycles. The molecule has 1 unspecified atom stereocenters. The minimum Gasteiger partial charge on any atom is -0.480 e. The highest BCUT2D eigenvalue weighted by atomic mass is 19.4. The highest BCUT2D eigenvalue weighted by molar-refractivity contribution is 5.80. The van der Waals surface area contributed by atoms with Crippen LogP contribution in [0.15, 0.2) is 18.2 Å². The van der Waals surface area contributed by atoms with Crippen LogP contribution in [-0.2, 0) is 11.0 Å². The predicted molar refractivity (Wildman–Crippen MR) is 66.1 cm³/mol. The molecule has 0 amide bonds. The van der Waals surface area contributed by atoms with Crippen molar-refractivity contribution in [2.24, 2.45) is 0 Å². The summed E-state index contributed by atoms with van der Waals surface area (Å²) >= 11 is 0. The van der Waals surface area contributed by atoms with Crippen molar-refractivity contribution in [1.29, 1.82) is 0 Å². The molecule has 1 aliphatic heterocycles. The molecule has 9 heteroatoms. The van der Waals surface area contributed by atoms with Crippen LogP contribution in [0.1, 0.15) is 18.4 Å². The molecule has 114 valence electrons. The molecule has 1 atom stereocenters. The van der Waals surface area contributed by atoms with Crippen LogP contribution in [0.25, 0.3) is 0 Å². The monoisotopic (exact) mass is 304 g/mol. The van der Waals surface area contributed by atoms with Crippen molar-refractivity contribution in [3.8, 4) is 0 Å². The van der Waals surface area contributed by atoms with Gasteiger partial charge in [0.2, 0.25) is 0 Å². The van der Waals surface area contributed by atoms with E-state index in [9.17, 15) is 28.1 Å². The SMILES string of the molecule is O=C(O)C1CCCN1c1ccc([N+](=O)[O-])cc1C(F)(F)F. The van der Waals surface area contributed by atoms with Crippen LogP contribution >= 0.6 is 0 Å². The molecule has 21 heavy (non-hydrogen) atoms. The van der Waals surface area contributed by atoms with E-state index in [1.165, 1.54) is 0 Å². The Morgan fingerprint density at radius 3 is 2.62 bits per heavy atom. The summed E-state index contributed by atoms with van der Waals surface area (Å²) in [5, 5.41) is 19.7. The molecule has 0 saturated carbocycles. The summed E-state index contributed by atoms with van der Waals surface area (Å²) in [6.07, 6.45) is -4.11. The number of hydrogen-bond acceptors (Lipinski definition) is 4. The van der Waals surface area contributed by atoms with E-state index in [1.54, 1.807) is 0 Å². The van der Waals surface area contributed by atoms with Crippen molar-refractivity contribution in [2.75, 3.05) is 11.4 Å². The molecular weight excluding hydrogens is 293 g/mol. The van der Waals surface area contributed by atoms with Gasteiger partial charge in [0.15, 0.2) is 0 Å². The van der Waals surface area contributed by atoms with Gasteiger partial charge >= 0.3 is 12.1 Å². The highest BCUT2D eigenvalue weighted by Crippen LogP contribution is 2.40. The Labute approximate surface area is 116 Å². The van der Waals surface area contributed by atoms with E-state index in [0.29, 0.717) is 12.5 Å². The van der Waals surface area contributed by atoms with Gasteiger partial charge in [0, 0.05) is 18.7 Å². The predicted octanol–water partition coefficient (Wildman–Crippen LogP) is 2.67. The first-order valence-electron chi connectivity index (χ1n) is 6.07. The third-order valence-electron chi connectivity index (χ3n) is 3.34. The average molecular weight is 304 g/mol. The van der Waals surface area contributed by atoms with Crippen molar-refractivity contribution in [3.63, 3.8) is 0 Å². The van der Waals surface area contributed by atoms with Gasteiger partial charge in [-0.1, -0.05) is 0 Å². The number of nitrogens with zero attached hydrogens (tertiary/aromatic N) is 2. The minimum atomic E-state index is -4.80. The fourth-order valence-corrected chi connectivity index (χ4v) is 2.43. The van der Waals surface area contributed by atoms with Crippen LogP contribution < -0.4 is 4.90 Å². The van der Waals surface area contributed by atoms with Gasteiger partial charge in [-0.25, -0.2) is 4.79 Å². The van der Waals surface area contributed by atoms with E-state index in [0.717, 1.165) is 17.0 Å². The number of hydrogen-bond donors (Lipinski definition) is 1. The molecule has 6 nitrogen and oxygen atoms in total. The van der Waals surface area contributed by atoms with Crippen LogP contribution in [0, 0.1) is 10.1 Å². The van der Waals surface area contributed by atoms with Crippen molar-refractivity contribution >= 4 is 17.3 Å². The Morgan fingerprint density at radius 2 is 2.10 bits per heavy atom. The number of benzene rings is 1. The lowest BCUT2D eigenvalue weighted by atomic mass is 10.1. The third-order valence-corrected chi connectivity index (χ3v) is 3.34. The summed E-state index contributed by atoms with van der Waals surface area (Å²) in [4.78, 5) is 21.9. The van der Waals surface area contributed by atoms with Gasteiger partial charge in [-0.15, -0.1) is 0 Å².